The Morgan fingerprint density at radius 1 is 1.04 bits per heavy atom. The Labute approximate surface area is 150 Å². The number of nitro benzene ring substituents is 1. The third kappa shape index (κ3) is 4.35. The minimum absolute atomic E-state index is 0.0860. The number of para-hydroxylation sites is 1. The van der Waals surface area contributed by atoms with Crippen molar-refractivity contribution in [2.45, 2.75) is 19.8 Å². The fraction of sp³-hybridized carbons (Fsp3) is 0.222. The summed E-state index contributed by atoms with van der Waals surface area (Å²) < 4.78 is 5.03. The Hall–Kier alpha value is -3.42. The number of anilines is 2. The number of non-ortho nitro benzene ring substituents is 1. The number of hydrogen-bond donors (Lipinski definition) is 2. The fourth-order valence-corrected chi connectivity index (χ4v) is 2.37. The zero-order valence-electron chi connectivity index (χ0n) is 14.6. The first-order valence-corrected chi connectivity index (χ1v) is 7.87. The quantitative estimate of drug-likeness (QED) is 0.484. The zero-order valence-corrected chi connectivity index (χ0v) is 14.6. The Bertz CT molecular complexity index is 848. The van der Waals surface area contributed by atoms with Gasteiger partial charge in [0.1, 0.15) is 5.75 Å². The molecule has 0 aliphatic heterocycles. The van der Waals surface area contributed by atoms with E-state index in [0.717, 1.165) is 5.56 Å². The highest BCUT2D eigenvalue weighted by atomic mass is 16.6. The van der Waals surface area contributed by atoms with Gasteiger partial charge in [-0.1, -0.05) is 32.0 Å². The summed E-state index contributed by atoms with van der Waals surface area (Å²) in [7, 11) is 1.31. The van der Waals surface area contributed by atoms with E-state index in [4.69, 9.17) is 4.74 Å². The van der Waals surface area contributed by atoms with Crippen molar-refractivity contribution < 1.29 is 19.2 Å². The number of nitrogens with zero attached hydrogens (tertiary/aromatic N) is 1. The monoisotopic (exact) mass is 357 g/mol. The molecule has 2 N–H and O–H groups in total. The van der Waals surface area contributed by atoms with Crippen LogP contribution < -0.4 is 15.4 Å². The summed E-state index contributed by atoms with van der Waals surface area (Å²) in [5, 5.41) is 15.8. The van der Waals surface area contributed by atoms with E-state index in [2.05, 4.69) is 10.6 Å². The highest BCUT2D eigenvalue weighted by molar-refractivity contribution is 6.43. The van der Waals surface area contributed by atoms with E-state index < -0.39 is 16.7 Å². The maximum Gasteiger partial charge on any atom is 0.314 e. The van der Waals surface area contributed by atoms with Crippen molar-refractivity contribution in [2.24, 2.45) is 0 Å². The fourth-order valence-electron chi connectivity index (χ4n) is 2.37. The summed E-state index contributed by atoms with van der Waals surface area (Å²) in [6.45, 7) is 3.96. The first kappa shape index (κ1) is 18.9. The van der Waals surface area contributed by atoms with E-state index in [1.54, 1.807) is 12.1 Å². The summed E-state index contributed by atoms with van der Waals surface area (Å²) in [4.78, 5) is 34.6. The largest absolute Gasteiger partial charge is 0.494 e. The normalized spacial score (nSPS) is 10.3. The van der Waals surface area contributed by atoms with Gasteiger partial charge in [0.2, 0.25) is 0 Å². The van der Waals surface area contributed by atoms with Crippen LogP contribution in [0.3, 0.4) is 0 Å². The lowest BCUT2D eigenvalue weighted by molar-refractivity contribution is -0.384. The van der Waals surface area contributed by atoms with Crippen molar-refractivity contribution in [1.29, 1.82) is 0 Å². The topological polar surface area (TPSA) is 111 Å². The van der Waals surface area contributed by atoms with Gasteiger partial charge < -0.3 is 15.4 Å². The van der Waals surface area contributed by atoms with E-state index in [1.165, 1.54) is 25.3 Å². The number of benzene rings is 2. The summed E-state index contributed by atoms with van der Waals surface area (Å²) in [5.41, 5.74) is 1.44. The lowest BCUT2D eigenvalue weighted by atomic mass is 10.0. The van der Waals surface area contributed by atoms with Crippen LogP contribution in [0.5, 0.6) is 5.75 Å². The predicted octanol–water partition coefficient (Wildman–Crippen LogP) is 3.30. The maximum atomic E-state index is 12.2. The molecule has 0 radical (unpaired) electrons. The summed E-state index contributed by atoms with van der Waals surface area (Å²) in [5.74, 6) is -1.50. The van der Waals surface area contributed by atoms with Gasteiger partial charge in [-0.3, -0.25) is 19.7 Å². The van der Waals surface area contributed by atoms with E-state index in [1.807, 2.05) is 26.0 Å². The lowest BCUT2D eigenvalue weighted by Crippen LogP contribution is -2.29. The Morgan fingerprint density at radius 2 is 1.65 bits per heavy atom. The number of nitrogens with one attached hydrogen (secondary N) is 2. The number of methoxy groups -OCH3 is 1. The van der Waals surface area contributed by atoms with Crippen LogP contribution in [0.25, 0.3) is 0 Å². The second kappa shape index (κ2) is 8.11. The van der Waals surface area contributed by atoms with Gasteiger partial charge in [-0.05, 0) is 23.6 Å². The summed E-state index contributed by atoms with van der Waals surface area (Å²) >= 11 is 0. The minimum atomic E-state index is -0.907. The average Bonchev–Trinajstić information content (AvgIpc) is 2.61. The number of amides is 2. The molecule has 0 heterocycles. The molecule has 136 valence electrons. The molecule has 8 nitrogen and oxygen atoms in total. The van der Waals surface area contributed by atoms with E-state index >= 15 is 0 Å². The van der Waals surface area contributed by atoms with Gasteiger partial charge in [0.05, 0.1) is 23.8 Å². The minimum Gasteiger partial charge on any atom is -0.494 e. The molecule has 0 spiro atoms. The molecular weight excluding hydrogens is 338 g/mol. The predicted molar refractivity (Wildman–Crippen MR) is 97.4 cm³/mol. The van der Waals surface area contributed by atoms with Crippen LogP contribution in [0.1, 0.15) is 25.3 Å². The van der Waals surface area contributed by atoms with Gasteiger partial charge in [-0.15, -0.1) is 0 Å². The molecule has 2 aromatic carbocycles. The molecule has 8 heteroatoms. The molecule has 2 rings (SSSR count). The van der Waals surface area contributed by atoms with Crippen LogP contribution in [0, 0.1) is 10.1 Å². The second-order valence-electron chi connectivity index (χ2n) is 5.79. The standard InChI is InChI=1S/C18H19N3O5/c1-11(2)13-6-4-5-7-14(13)19-17(22)18(23)20-15-9-8-12(21(24)25)10-16(15)26-3/h4-11H,1-3H3,(H,19,22)(H,20,23). The van der Waals surface area contributed by atoms with E-state index in [9.17, 15) is 19.7 Å². The first-order chi connectivity index (χ1) is 12.3. The van der Waals surface area contributed by atoms with Crippen LogP contribution in [0.15, 0.2) is 42.5 Å². The van der Waals surface area contributed by atoms with Crippen molar-refractivity contribution in [3.63, 3.8) is 0 Å². The second-order valence-corrected chi connectivity index (χ2v) is 5.79. The van der Waals surface area contributed by atoms with Gasteiger partial charge in [0, 0.05) is 11.8 Å². The van der Waals surface area contributed by atoms with Gasteiger partial charge >= 0.3 is 11.8 Å². The molecule has 0 atom stereocenters. The van der Waals surface area contributed by atoms with Crippen molar-refractivity contribution >= 4 is 28.9 Å². The molecule has 0 aromatic heterocycles. The smallest absolute Gasteiger partial charge is 0.314 e. The van der Waals surface area contributed by atoms with Crippen molar-refractivity contribution in [3.05, 3.63) is 58.1 Å². The lowest BCUT2D eigenvalue weighted by Gasteiger charge is -2.14. The maximum absolute atomic E-state index is 12.2. The van der Waals surface area contributed by atoms with E-state index in [-0.39, 0.29) is 23.0 Å². The van der Waals surface area contributed by atoms with Crippen molar-refractivity contribution in [1.82, 2.24) is 0 Å². The molecule has 0 unspecified atom stereocenters. The van der Waals surface area contributed by atoms with Crippen LogP contribution in [-0.4, -0.2) is 23.8 Å². The highest BCUT2D eigenvalue weighted by Gasteiger charge is 2.19. The molecule has 0 bridgehead atoms. The zero-order chi connectivity index (χ0) is 19.3. The van der Waals surface area contributed by atoms with Crippen molar-refractivity contribution in [3.8, 4) is 5.75 Å². The number of rotatable bonds is 5. The third-order valence-corrected chi connectivity index (χ3v) is 3.68. The third-order valence-electron chi connectivity index (χ3n) is 3.68. The van der Waals surface area contributed by atoms with Gasteiger partial charge in [-0.25, -0.2) is 0 Å². The van der Waals surface area contributed by atoms with E-state index in [0.29, 0.717) is 5.69 Å². The van der Waals surface area contributed by atoms with Crippen LogP contribution in [-0.2, 0) is 9.59 Å². The number of ether oxygens (including phenoxy) is 1. The first-order valence-electron chi connectivity index (χ1n) is 7.87. The Balaban J connectivity index is 2.15. The van der Waals surface area contributed by atoms with Gasteiger partial charge in [0.25, 0.3) is 5.69 Å². The average molecular weight is 357 g/mol. The Kier molecular flexibility index (Phi) is 5.90. The van der Waals surface area contributed by atoms with Crippen molar-refractivity contribution in [2.75, 3.05) is 17.7 Å². The SMILES string of the molecule is COc1cc([N+](=O)[O-])ccc1NC(=O)C(=O)Nc1ccccc1C(C)C. The highest BCUT2D eigenvalue weighted by Crippen LogP contribution is 2.29. The molecule has 0 aliphatic rings. The molecule has 0 fully saturated rings. The molecule has 0 saturated carbocycles. The molecule has 2 aromatic rings. The van der Waals surface area contributed by atoms with Crippen LogP contribution >= 0.6 is 0 Å². The molecule has 26 heavy (non-hydrogen) atoms. The van der Waals surface area contributed by atoms with Gasteiger partial charge in [0.15, 0.2) is 0 Å². The molecule has 0 aliphatic carbocycles. The molecule has 2 amide bonds. The van der Waals surface area contributed by atoms with Gasteiger partial charge in [-0.2, -0.15) is 0 Å². The summed E-state index contributed by atoms with van der Waals surface area (Å²) in [6, 6.07) is 10.9. The molecular formula is C18H19N3O5. The Morgan fingerprint density at radius 3 is 2.23 bits per heavy atom. The van der Waals surface area contributed by atoms with Crippen LogP contribution in [0.4, 0.5) is 17.1 Å². The number of nitro groups is 1. The number of carbonyl (C=O) groups excluding carboxylic acids is 2. The van der Waals surface area contributed by atoms with Crippen LogP contribution in [0.2, 0.25) is 0 Å². The summed E-state index contributed by atoms with van der Waals surface area (Å²) in [6.07, 6.45) is 0. The number of hydrogen-bond acceptors (Lipinski definition) is 5. The molecule has 0 saturated heterocycles. The number of carbonyl (C=O) groups is 2.